The monoisotopic (exact) mass is 128 g/mol. The van der Waals surface area contributed by atoms with E-state index in [-0.39, 0.29) is 0 Å². The number of rotatable bonds is 2. The molecule has 0 saturated carbocycles. The first-order chi connectivity index (χ1) is 3.12. The minimum atomic E-state index is -3.05. The largest absolute Gasteiger partial charge is 0.364 e. The molecular weight excluding hydrogens is 122 g/mol. The first kappa shape index (κ1) is 7.17. The molecule has 0 aromatic rings. The van der Waals surface area contributed by atoms with Crippen molar-refractivity contribution in [2.45, 2.75) is 6.11 Å². The molecule has 0 aliphatic rings. The maximum atomic E-state index is 11.6. The van der Waals surface area contributed by atoms with Crippen molar-refractivity contribution in [3.63, 3.8) is 0 Å². The van der Waals surface area contributed by atoms with Gasteiger partial charge >= 0.3 is 6.11 Å². The Morgan fingerprint density at radius 3 is 2.14 bits per heavy atom. The number of hydrogen-bond acceptors (Lipinski definition) is 2. The van der Waals surface area contributed by atoms with Gasteiger partial charge in [0.25, 0.3) is 0 Å². The molecule has 0 atom stereocenters. The van der Waals surface area contributed by atoms with Crippen LogP contribution < -0.4 is 0 Å². The van der Waals surface area contributed by atoms with Crippen molar-refractivity contribution >= 4 is 12.6 Å². The molecule has 0 aromatic carbocycles. The molecule has 0 heterocycles. The second kappa shape index (κ2) is 2.47. The van der Waals surface area contributed by atoms with Gasteiger partial charge in [-0.1, -0.05) is 0 Å². The lowest BCUT2D eigenvalue weighted by atomic mass is 10.7. The summed E-state index contributed by atoms with van der Waals surface area (Å²) < 4.78 is 26.8. The van der Waals surface area contributed by atoms with E-state index in [0.717, 1.165) is 7.11 Å². The van der Waals surface area contributed by atoms with E-state index >= 15 is 0 Å². The van der Waals surface area contributed by atoms with Crippen LogP contribution in [0.4, 0.5) is 8.78 Å². The van der Waals surface area contributed by atoms with Gasteiger partial charge in [-0.3, -0.25) is 0 Å². The molecule has 7 heavy (non-hydrogen) atoms. The minimum absolute atomic E-state index is 0.566. The van der Waals surface area contributed by atoms with E-state index in [1.165, 1.54) is 0 Å². The van der Waals surface area contributed by atoms with Gasteiger partial charge in [-0.2, -0.15) is 21.4 Å². The average molecular weight is 128 g/mol. The van der Waals surface area contributed by atoms with Crippen LogP contribution in [-0.2, 0) is 4.74 Å². The smallest absolute Gasteiger partial charge is 0.323 e. The summed E-state index contributed by atoms with van der Waals surface area (Å²) in [5.74, 6) is -0.566. The highest BCUT2D eigenvalue weighted by Gasteiger charge is 2.24. The van der Waals surface area contributed by atoms with Gasteiger partial charge in [-0.05, 0) is 0 Å². The van der Waals surface area contributed by atoms with E-state index in [4.69, 9.17) is 0 Å². The molecule has 0 spiro atoms. The van der Waals surface area contributed by atoms with Crippen molar-refractivity contribution in [3.8, 4) is 0 Å². The van der Waals surface area contributed by atoms with Crippen molar-refractivity contribution < 1.29 is 13.5 Å². The van der Waals surface area contributed by atoms with Crippen molar-refractivity contribution in [1.29, 1.82) is 0 Å². The van der Waals surface area contributed by atoms with Gasteiger partial charge < -0.3 is 4.74 Å². The zero-order valence-corrected chi connectivity index (χ0v) is 4.71. The lowest BCUT2D eigenvalue weighted by molar-refractivity contribution is -0.201. The topological polar surface area (TPSA) is 9.23 Å². The van der Waals surface area contributed by atoms with Crippen molar-refractivity contribution in [1.82, 2.24) is 0 Å². The number of halogens is 2. The van der Waals surface area contributed by atoms with Crippen LogP contribution in [0.15, 0.2) is 0 Å². The molecule has 0 aliphatic carbocycles. The Morgan fingerprint density at radius 1 is 1.71 bits per heavy atom. The van der Waals surface area contributed by atoms with Crippen molar-refractivity contribution in [2.75, 3.05) is 12.9 Å². The number of hydrogen-bond donors (Lipinski definition) is 1. The molecule has 0 unspecified atom stereocenters. The van der Waals surface area contributed by atoms with E-state index in [1.54, 1.807) is 0 Å². The Morgan fingerprint density at radius 2 is 2.14 bits per heavy atom. The molecule has 0 saturated heterocycles. The molecular formula is C3H6F2OS. The second-order valence-corrected chi connectivity index (χ2v) is 1.32. The van der Waals surface area contributed by atoms with Crippen LogP contribution in [0.2, 0.25) is 0 Å². The fraction of sp³-hybridized carbons (Fsp3) is 1.00. The third-order valence-corrected chi connectivity index (χ3v) is 0.851. The van der Waals surface area contributed by atoms with Crippen LogP contribution >= 0.6 is 12.6 Å². The summed E-state index contributed by atoms with van der Waals surface area (Å²) in [4.78, 5) is 0. The predicted octanol–water partition coefficient (Wildman–Crippen LogP) is 1.16. The minimum Gasteiger partial charge on any atom is -0.323 e. The molecule has 44 valence electrons. The molecule has 0 radical (unpaired) electrons. The van der Waals surface area contributed by atoms with E-state index in [9.17, 15) is 8.78 Å². The summed E-state index contributed by atoms with van der Waals surface area (Å²) in [6.07, 6.45) is -3.05. The Bertz CT molecular complexity index is 50.9. The van der Waals surface area contributed by atoms with Crippen molar-refractivity contribution in [3.05, 3.63) is 0 Å². The molecule has 0 rings (SSSR count). The van der Waals surface area contributed by atoms with Crippen molar-refractivity contribution in [2.24, 2.45) is 0 Å². The summed E-state index contributed by atoms with van der Waals surface area (Å²) in [6.45, 7) is 0. The highest BCUT2D eigenvalue weighted by atomic mass is 32.1. The van der Waals surface area contributed by atoms with Gasteiger partial charge in [0.2, 0.25) is 0 Å². The lowest BCUT2D eigenvalue weighted by Crippen LogP contribution is -2.19. The average Bonchev–Trinajstić information content (AvgIpc) is 1.68. The van der Waals surface area contributed by atoms with Gasteiger partial charge in [-0.25, -0.2) is 0 Å². The quantitative estimate of drug-likeness (QED) is 0.549. The Kier molecular flexibility index (Phi) is 2.53. The highest BCUT2D eigenvalue weighted by molar-refractivity contribution is 7.80. The Labute approximate surface area is 46.1 Å². The van der Waals surface area contributed by atoms with Crippen LogP contribution in [0.5, 0.6) is 0 Å². The summed E-state index contributed by atoms with van der Waals surface area (Å²) in [5, 5.41) is 0. The second-order valence-electron chi connectivity index (χ2n) is 1.000. The van der Waals surface area contributed by atoms with E-state index in [2.05, 4.69) is 17.4 Å². The maximum absolute atomic E-state index is 11.6. The molecule has 0 aliphatic heterocycles. The summed E-state index contributed by atoms with van der Waals surface area (Å²) in [6, 6.07) is 0. The fourth-order valence-corrected chi connectivity index (χ4v) is 0.194. The van der Waals surface area contributed by atoms with Crippen LogP contribution in [0.25, 0.3) is 0 Å². The Balaban J connectivity index is 3.36. The molecule has 0 aromatic heterocycles. The first-order valence-corrected chi connectivity index (χ1v) is 2.29. The molecule has 1 nitrogen and oxygen atoms in total. The highest BCUT2D eigenvalue weighted by Crippen LogP contribution is 2.13. The Hall–Kier alpha value is 0.170. The standard InChI is InChI=1S/C3H6F2OS/c1-6-3(4,5)2-7/h7H,2H2,1H3. The third-order valence-electron chi connectivity index (χ3n) is 0.483. The predicted molar refractivity (Wildman–Crippen MR) is 25.8 cm³/mol. The number of alkyl halides is 2. The first-order valence-electron chi connectivity index (χ1n) is 1.66. The number of thiol groups is 1. The van der Waals surface area contributed by atoms with Crippen LogP contribution in [0.1, 0.15) is 0 Å². The zero-order chi connectivity index (χ0) is 5.91. The summed E-state index contributed by atoms with van der Waals surface area (Å²) >= 11 is 3.31. The van der Waals surface area contributed by atoms with Crippen LogP contribution in [0, 0.1) is 0 Å². The molecule has 0 amide bonds. The van der Waals surface area contributed by atoms with Crippen LogP contribution in [0.3, 0.4) is 0 Å². The zero-order valence-electron chi connectivity index (χ0n) is 3.82. The van der Waals surface area contributed by atoms with Gasteiger partial charge in [0.1, 0.15) is 0 Å². The molecule has 4 heteroatoms. The van der Waals surface area contributed by atoms with Gasteiger partial charge in [0, 0.05) is 7.11 Å². The molecule has 0 fully saturated rings. The van der Waals surface area contributed by atoms with E-state index in [1.807, 2.05) is 0 Å². The number of methoxy groups -OCH3 is 1. The van der Waals surface area contributed by atoms with Gasteiger partial charge in [0.05, 0.1) is 5.75 Å². The molecule has 0 bridgehead atoms. The lowest BCUT2D eigenvalue weighted by Gasteiger charge is -2.08. The fourth-order valence-electron chi connectivity index (χ4n) is 0.0645. The maximum Gasteiger partial charge on any atom is 0.364 e. The normalized spacial score (nSPS) is 12.0. The van der Waals surface area contributed by atoms with Gasteiger partial charge in [-0.15, -0.1) is 0 Å². The van der Waals surface area contributed by atoms with E-state index < -0.39 is 11.9 Å². The summed E-state index contributed by atoms with van der Waals surface area (Å²) in [5.41, 5.74) is 0. The number of ether oxygens (including phenoxy) is 1. The van der Waals surface area contributed by atoms with Gasteiger partial charge in [0.15, 0.2) is 0 Å². The van der Waals surface area contributed by atoms with Crippen LogP contribution in [-0.4, -0.2) is 19.0 Å². The summed E-state index contributed by atoms with van der Waals surface area (Å²) in [7, 11) is 0.941. The van der Waals surface area contributed by atoms with E-state index in [0.29, 0.717) is 0 Å². The molecule has 0 N–H and O–H groups in total. The SMILES string of the molecule is COC(F)(F)CS. The third kappa shape index (κ3) is 2.82.